The lowest BCUT2D eigenvalue weighted by atomic mass is 9.89. The summed E-state index contributed by atoms with van der Waals surface area (Å²) in [7, 11) is 0. The molecular weight excluding hydrogens is 350 g/mol. The Kier molecular flexibility index (Phi) is 4.52. The molecule has 3 aromatic heterocycles. The van der Waals surface area contributed by atoms with Gasteiger partial charge >= 0.3 is 0 Å². The van der Waals surface area contributed by atoms with Crippen molar-refractivity contribution in [3.05, 3.63) is 49.0 Å². The van der Waals surface area contributed by atoms with E-state index in [0.29, 0.717) is 5.92 Å². The molecule has 1 aliphatic rings. The van der Waals surface area contributed by atoms with Gasteiger partial charge in [0.25, 0.3) is 5.56 Å². The van der Waals surface area contributed by atoms with Gasteiger partial charge in [0, 0.05) is 15.8 Å². The molecule has 0 amide bonds. The van der Waals surface area contributed by atoms with Gasteiger partial charge in [-0.05, 0) is 56.0 Å². The first-order valence-corrected chi connectivity index (χ1v) is 10.6. The minimum Gasteiger partial charge on any atom is -0.309 e. The van der Waals surface area contributed by atoms with Crippen molar-refractivity contribution < 1.29 is 0 Å². The van der Waals surface area contributed by atoms with Gasteiger partial charge in [-0.25, -0.2) is 4.98 Å². The van der Waals surface area contributed by atoms with E-state index in [1.54, 1.807) is 22.7 Å². The first-order valence-electron chi connectivity index (χ1n) is 8.87. The molecular formula is C19H23N3OS2. The topological polar surface area (TPSA) is 57.8 Å². The number of fused-ring (bicyclic) bond motifs is 3. The molecule has 4 nitrogen and oxygen atoms in total. The molecule has 0 aromatic carbocycles. The standard InChI is InChI=1S/C19H23N3OS2/c1-10-6-7-13-15(9-10)25-19-16(13)18(23)21-17(22-19)12(3)20-11(2)14-5-4-8-24-14/h4-5,8,10-12,20H,6-7,9H2,1-3H3,(H,21,22,23)/t10-,11-,12-/m0/s1. The molecule has 0 fully saturated rings. The molecule has 3 atom stereocenters. The fourth-order valence-electron chi connectivity index (χ4n) is 3.64. The van der Waals surface area contributed by atoms with Crippen LogP contribution in [0.5, 0.6) is 0 Å². The van der Waals surface area contributed by atoms with Crippen molar-refractivity contribution in [2.45, 2.75) is 52.1 Å². The van der Waals surface area contributed by atoms with E-state index in [4.69, 9.17) is 4.98 Å². The van der Waals surface area contributed by atoms with Crippen LogP contribution >= 0.6 is 22.7 Å². The maximum Gasteiger partial charge on any atom is 0.259 e. The van der Waals surface area contributed by atoms with Crippen LogP contribution in [0.3, 0.4) is 0 Å². The average molecular weight is 374 g/mol. The van der Waals surface area contributed by atoms with Crippen LogP contribution < -0.4 is 10.9 Å². The quantitative estimate of drug-likeness (QED) is 0.703. The summed E-state index contributed by atoms with van der Waals surface area (Å²) in [4.78, 5) is 24.1. The van der Waals surface area contributed by atoms with Crippen LogP contribution in [0, 0.1) is 5.92 Å². The fourth-order valence-corrected chi connectivity index (χ4v) is 5.78. The predicted molar refractivity (Wildman–Crippen MR) is 106 cm³/mol. The van der Waals surface area contributed by atoms with Crippen molar-refractivity contribution in [1.29, 1.82) is 0 Å². The van der Waals surface area contributed by atoms with E-state index in [1.165, 1.54) is 15.3 Å². The Morgan fingerprint density at radius 3 is 2.96 bits per heavy atom. The van der Waals surface area contributed by atoms with Crippen molar-refractivity contribution in [3.63, 3.8) is 0 Å². The molecule has 0 unspecified atom stereocenters. The molecule has 0 radical (unpaired) electrons. The number of hydrogen-bond acceptors (Lipinski definition) is 5. The fraction of sp³-hybridized carbons (Fsp3) is 0.474. The number of rotatable bonds is 4. The van der Waals surface area contributed by atoms with Crippen molar-refractivity contribution in [2.75, 3.05) is 0 Å². The largest absolute Gasteiger partial charge is 0.309 e. The zero-order valence-corrected chi connectivity index (χ0v) is 16.4. The highest BCUT2D eigenvalue weighted by molar-refractivity contribution is 7.18. The van der Waals surface area contributed by atoms with E-state index in [2.05, 4.69) is 48.6 Å². The van der Waals surface area contributed by atoms with Gasteiger partial charge in [0.05, 0.1) is 11.4 Å². The summed E-state index contributed by atoms with van der Waals surface area (Å²) in [5.74, 6) is 1.43. The van der Waals surface area contributed by atoms with Crippen LogP contribution in [0.25, 0.3) is 10.2 Å². The Balaban J connectivity index is 1.65. The summed E-state index contributed by atoms with van der Waals surface area (Å²) in [6, 6.07) is 4.41. The third-order valence-corrected chi connectivity index (χ3v) is 7.27. The zero-order chi connectivity index (χ0) is 17.6. The van der Waals surface area contributed by atoms with Gasteiger partial charge in [-0.2, -0.15) is 0 Å². The number of aryl methyl sites for hydroxylation is 1. The van der Waals surface area contributed by atoms with Gasteiger partial charge in [0.1, 0.15) is 10.7 Å². The van der Waals surface area contributed by atoms with E-state index in [1.807, 2.05) is 0 Å². The molecule has 1 aliphatic carbocycles. The Morgan fingerprint density at radius 1 is 1.36 bits per heavy atom. The van der Waals surface area contributed by atoms with E-state index in [0.717, 1.165) is 35.3 Å². The van der Waals surface area contributed by atoms with Crippen LogP contribution in [0.2, 0.25) is 0 Å². The number of thiophene rings is 2. The molecule has 0 saturated heterocycles. The third-order valence-electron chi connectivity index (χ3n) is 5.06. The molecule has 4 rings (SSSR count). The number of H-pyrrole nitrogens is 1. The highest BCUT2D eigenvalue weighted by atomic mass is 32.1. The van der Waals surface area contributed by atoms with Crippen LogP contribution in [0.4, 0.5) is 0 Å². The Labute approximate surface area is 155 Å². The van der Waals surface area contributed by atoms with Crippen molar-refractivity contribution in [1.82, 2.24) is 15.3 Å². The lowest BCUT2D eigenvalue weighted by Gasteiger charge is -2.18. The summed E-state index contributed by atoms with van der Waals surface area (Å²) in [6.45, 7) is 6.49. The smallest absolute Gasteiger partial charge is 0.259 e. The summed E-state index contributed by atoms with van der Waals surface area (Å²) in [5, 5.41) is 6.45. The number of aromatic nitrogens is 2. The molecule has 3 heterocycles. The summed E-state index contributed by atoms with van der Waals surface area (Å²) < 4.78 is 0. The molecule has 3 aromatic rings. The molecule has 6 heteroatoms. The first kappa shape index (κ1) is 16.9. The van der Waals surface area contributed by atoms with Crippen molar-refractivity contribution >= 4 is 32.9 Å². The minimum atomic E-state index is -0.00717. The van der Waals surface area contributed by atoms with E-state index >= 15 is 0 Å². The monoisotopic (exact) mass is 373 g/mol. The number of aromatic amines is 1. The van der Waals surface area contributed by atoms with E-state index in [-0.39, 0.29) is 17.6 Å². The SMILES string of the molecule is C[C@H]1CCc2c(sc3nc([C@H](C)N[C@@H](C)c4cccs4)[nH]c(=O)c23)C1. The predicted octanol–water partition coefficient (Wildman–Crippen LogP) is 4.58. The summed E-state index contributed by atoms with van der Waals surface area (Å²) in [5.41, 5.74) is 1.26. The van der Waals surface area contributed by atoms with Crippen molar-refractivity contribution in [2.24, 2.45) is 5.92 Å². The third kappa shape index (κ3) is 3.18. The van der Waals surface area contributed by atoms with Gasteiger partial charge < -0.3 is 10.3 Å². The highest BCUT2D eigenvalue weighted by Gasteiger charge is 2.24. The number of nitrogens with one attached hydrogen (secondary N) is 2. The lowest BCUT2D eigenvalue weighted by Crippen LogP contribution is -2.26. The highest BCUT2D eigenvalue weighted by Crippen LogP contribution is 2.36. The minimum absolute atomic E-state index is 0.00717. The second kappa shape index (κ2) is 6.67. The van der Waals surface area contributed by atoms with Crippen LogP contribution in [0.15, 0.2) is 22.3 Å². The van der Waals surface area contributed by atoms with Gasteiger partial charge in [-0.15, -0.1) is 22.7 Å². The Bertz CT molecular complexity index is 942. The van der Waals surface area contributed by atoms with Gasteiger partial charge in [-0.1, -0.05) is 13.0 Å². The second-order valence-electron chi connectivity index (χ2n) is 7.11. The Hall–Kier alpha value is -1.50. The zero-order valence-electron chi connectivity index (χ0n) is 14.8. The van der Waals surface area contributed by atoms with E-state index in [9.17, 15) is 4.79 Å². The molecule has 2 N–H and O–H groups in total. The van der Waals surface area contributed by atoms with E-state index < -0.39 is 0 Å². The maximum absolute atomic E-state index is 12.7. The molecule has 0 bridgehead atoms. The normalized spacial score (nSPS) is 19.7. The van der Waals surface area contributed by atoms with Gasteiger partial charge in [-0.3, -0.25) is 4.79 Å². The lowest BCUT2D eigenvalue weighted by molar-refractivity contribution is 0.481. The van der Waals surface area contributed by atoms with Crippen LogP contribution in [-0.4, -0.2) is 9.97 Å². The van der Waals surface area contributed by atoms with Crippen molar-refractivity contribution in [3.8, 4) is 0 Å². The Morgan fingerprint density at radius 2 is 2.20 bits per heavy atom. The molecule has 0 aliphatic heterocycles. The van der Waals surface area contributed by atoms with Gasteiger partial charge in [0.15, 0.2) is 0 Å². The molecule has 0 spiro atoms. The first-order chi connectivity index (χ1) is 12.0. The van der Waals surface area contributed by atoms with Crippen LogP contribution in [0.1, 0.15) is 60.4 Å². The second-order valence-corrected chi connectivity index (χ2v) is 9.17. The average Bonchev–Trinajstić information content (AvgIpc) is 3.21. The number of nitrogens with zero attached hydrogens (tertiary/aromatic N) is 1. The van der Waals surface area contributed by atoms with Crippen LogP contribution in [-0.2, 0) is 12.8 Å². The van der Waals surface area contributed by atoms with Gasteiger partial charge in [0.2, 0.25) is 0 Å². The molecule has 132 valence electrons. The maximum atomic E-state index is 12.7. The molecule has 25 heavy (non-hydrogen) atoms. The number of hydrogen-bond donors (Lipinski definition) is 2. The summed E-state index contributed by atoms with van der Waals surface area (Å²) in [6.07, 6.45) is 3.24. The summed E-state index contributed by atoms with van der Waals surface area (Å²) >= 11 is 3.45. The molecule has 0 saturated carbocycles.